The topological polar surface area (TPSA) is 377 Å². The average molecular weight is 1220 g/mol. The summed E-state index contributed by atoms with van der Waals surface area (Å²) in [5, 5.41) is 119. The number of hydrogen-bond donors (Lipinski definition) is 10. The van der Waals surface area contributed by atoms with Gasteiger partial charge in [-0.25, -0.2) is 0 Å². The second-order valence-corrected chi connectivity index (χ2v) is 24.2. The van der Waals surface area contributed by atoms with Crippen molar-refractivity contribution in [2.45, 2.75) is 147 Å². The van der Waals surface area contributed by atoms with Crippen LogP contribution in [0.5, 0.6) is 0 Å². The molecular weight excluding hydrogens is 1120 g/mol. The van der Waals surface area contributed by atoms with Gasteiger partial charge in [-0.2, -0.15) is 0 Å². The van der Waals surface area contributed by atoms with E-state index in [1.807, 2.05) is 0 Å². The van der Waals surface area contributed by atoms with Gasteiger partial charge in [-0.15, -0.1) is 34.0 Å². The van der Waals surface area contributed by atoms with Gasteiger partial charge in [0.05, 0.1) is 62.0 Å². The Labute approximate surface area is 459 Å². The number of nitrogens with zero attached hydrogens (tertiary/aromatic N) is 2. The molecule has 0 amide bonds. The molecule has 25 heteroatoms. The summed E-state index contributed by atoms with van der Waals surface area (Å²) >= 11 is 0. The third-order valence-corrected chi connectivity index (χ3v) is 23.3. The Morgan fingerprint density at radius 1 is 0.467 bits per heavy atom. The standard InChI is InChI=1S/2C25H41NO9.2BrH.3H2O/c2*1-6-26-9-22(10-32-2)12(27)7-13(33-3)24-11-8-23(30)19(28)14(11)25(31,20(29)21(23)35-5)15(18(24)26)16(34-4)17(22)24;;;;;/h2*11-21,27-31H,6-10H2,1-5H3;2*1H;3*1H2/t2*11-,12-,13+,14-,15+,16+,17-,18-,19-,20+,21+,22+,23-,24+,25-;;;;;/m11...../s1. The number of hydrogen-bond acceptors (Lipinski definition) is 20. The van der Waals surface area contributed by atoms with Gasteiger partial charge in [-0.1, -0.05) is 13.8 Å². The van der Waals surface area contributed by atoms with Crippen LogP contribution in [0.25, 0.3) is 0 Å². The predicted molar refractivity (Wildman–Crippen MR) is 274 cm³/mol. The van der Waals surface area contributed by atoms with Crippen molar-refractivity contribution in [1.82, 2.24) is 9.80 Å². The van der Waals surface area contributed by atoms with E-state index in [2.05, 4.69) is 23.6 Å². The molecule has 10 aliphatic carbocycles. The highest BCUT2D eigenvalue weighted by Gasteiger charge is 2.92. The molecule has 23 nitrogen and oxygen atoms in total. The van der Waals surface area contributed by atoms with E-state index in [0.717, 1.165) is 0 Å². The summed E-state index contributed by atoms with van der Waals surface area (Å²) in [5.41, 5.74) is -9.62. The Bertz CT molecular complexity index is 1910. The molecule has 2 heterocycles. The maximum atomic E-state index is 12.6. The van der Waals surface area contributed by atoms with E-state index in [9.17, 15) is 51.1 Å². The van der Waals surface area contributed by atoms with Crippen molar-refractivity contribution in [1.29, 1.82) is 0 Å². The van der Waals surface area contributed by atoms with Crippen molar-refractivity contribution >= 4 is 34.0 Å². The molecule has 75 heavy (non-hydrogen) atoms. The molecule has 2 spiro atoms. The van der Waals surface area contributed by atoms with Crippen LogP contribution in [0.4, 0.5) is 0 Å². The maximum Gasteiger partial charge on any atom is 0.120 e. The second kappa shape index (κ2) is 20.7. The van der Waals surface area contributed by atoms with Crippen LogP contribution in [-0.4, -0.2) is 281 Å². The van der Waals surface area contributed by atoms with Gasteiger partial charge in [0.1, 0.15) is 46.8 Å². The second-order valence-electron chi connectivity index (χ2n) is 24.2. The van der Waals surface area contributed by atoms with E-state index >= 15 is 0 Å². The molecule has 0 unspecified atom stereocenters. The average Bonchev–Trinajstić information content (AvgIpc) is 3.89. The summed E-state index contributed by atoms with van der Waals surface area (Å²) < 4.78 is 47.5. The third-order valence-electron chi connectivity index (χ3n) is 23.3. The molecule has 12 fully saturated rings. The first-order chi connectivity index (χ1) is 33.2. The molecule has 0 radical (unpaired) electrons. The third kappa shape index (κ3) is 6.67. The normalized spacial score (nSPS) is 58.2. The Hall–Kier alpha value is 0.0400. The van der Waals surface area contributed by atoms with Crippen LogP contribution in [0, 0.1) is 69.0 Å². The van der Waals surface area contributed by atoms with Crippen LogP contribution in [0.15, 0.2) is 0 Å². The van der Waals surface area contributed by atoms with Gasteiger partial charge in [-0.3, -0.25) is 9.80 Å². The van der Waals surface area contributed by atoms with E-state index in [4.69, 9.17) is 37.9 Å². The van der Waals surface area contributed by atoms with Crippen LogP contribution in [0.3, 0.4) is 0 Å². The van der Waals surface area contributed by atoms with Gasteiger partial charge in [0.2, 0.25) is 0 Å². The smallest absolute Gasteiger partial charge is 0.120 e. The fraction of sp³-hybridized carbons (Fsp3) is 1.00. The van der Waals surface area contributed by atoms with Crippen LogP contribution in [-0.2, 0) is 37.9 Å². The van der Waals surface area contributed by atoms with Gasteiger partial charge in [0, 0.05) is 152 Å². The molecule has 30 atom stereocenters. The van der Waals surface area contributed by atoms with Crippen molar-refractivity contribution < 1.29 is 105 Å². The molecule has 0 aromatic carbocycles. The predicted octanol–water partition coefficient (Wildman–Crippen LogP) is -4.89. The zero-order valence-electron chi connectivity index (χ0n) is 44.7. The molecule has 16 N–H and O–H groups in total. The van der Waals surface area contributed by atoms with Crippen LogP contribution < -0.4 is 0 Å². The number of likely N-dealkylation sites (tertiary alicyclic amines) is 2. The Morgan fingerprint density at radius 2 is 0.800 bits per heavy atom. The lowest BCUT2D eigenvalue weighted by molar-refractivity contribution is -0.320. The summed E-state index contributed by atoms with van der Waals surface area (Å²) in [6.07, 6.45) is -9.90. The lowest BCUT2D eigenvalue weighted by atomic mass is 9.42. The van der Waals surface area contributed by atoms with Crippen molar-refractivity contribution in [3.63, 3.8) is 0 Å². The largest absolute Gasteiger partial charge is 0.412 e. The minimum atomic E-state index is -1.76. The zero-order valence-corrected chi connectivity index (χ0v) is 48.1. The molecule has 12 rings (SSSR count). The number of aliphatic hydroxyl groups is 10. The van der Waals surface area contributed by atoms with Gasteiger partial charge in [0.25, 0.3) is 0 Å². The molecule has 14 bridgehead atoms. The summed E-state index contributed by atoms with van der Waals surface area (Å²) in [6.45, 7) is 7.16. The number of methoxy groups -OCH3 is 8. The van der Waals surface area contributed by atoms with E-state index in [1.54, 1.807) is 42.7 Å². The summed E-state index contributed by atoms with van der Waals surface area (Å²) in [5.74, 6) is -4.09. The van der Waals surface area contributed by atoms with Crippen molar-refractivity contribution in [3.8, 4) is 0 Å². The molecule has 440 valence electrons. The molecule has 2 aliphatic heterocycles. The van der Waals surface area contributed by atoms with Crippen LogP contribution >= 0.6 is 34.0 Å². The first kappa shape index (κ1) is 64.2. The van der Waals surface area contributed by atoms with E-state index in [-0.39, 0.29) is 87.2 Å². The number of halogens is 2. The zero-order chi connectivity index (χ0) is 50.6. The van der Waals surface area contributed by atoms with Crippen molar-refractivity contribution in [3.05, 3.63) is 0 Å². The van der Waals surface area contributed by atoms with E-state index in [1.165, 1.54) is 14.2 Å². The molecule has 10 saturated carbocycles. The number of aliphatic hydroxyl groups excluding tert-OH is 6. The Kier molecular flexibility index (Phi) is 17.7. The molecule has 2 saturated heterocycles. The maximum absolute atomic E-state index is 12.6. The highest BCUT2D eigenvalue weighted by atomic mass is 79.9. The highest BCUT2D eigenvalue weighted by molar-refractivity contribution is 8.93. The van der Waals surface area contributed by atoms with Crippen LogP contribution in [0.1, 0.15) is 39.5 Å². The number of fused-ring (bicyclic) bond motifs is 4. The van der Waals surface area contributed by atoms with Gasteiger partial charge >= 0.3 is 0 Å². The van der Waals surface area contributed by atoms with Crippen molar-refractivity contribution in [2.75, 3.05) is 96.3 Å². The SMILES string of the molecule is Br.Br.CCN1C[C@]2(COC)[C@H](O)C[C@H](OC)[C@@]34[C@@H]5C[C@@]6(O)[C@H](O)[C@@H]5[C@@](O)([C@@H]([C@H](OC)[C@H]23)[C@@H]14)[C@@H](O)[C@@H]6OC.CCN1C[C@]2(COC)[C@H](O)C[C@H](OC)[C@@]34[C@@H]5C[C@@]6(O)[C@H](O)[C@@H]5[C@@](O)([C@@H]([C@H](OC)[C@H]23)[C@@H]14)[C@@H](O)[C@@H]6OC.O.O.O. The van der Waals surface area contributed by atoms with Crippen LogP contribution in [0.2, 0.25) is 0 Å². The fourth-order valence-electron chi connectivity index (χ4n) is 22.0. The molecule has 0 aromatic rings. The minimum absolute atomic E-state index is 0. The molecule has 0 aromatic heterocycles. The molecular formula is C50H90Br2N2O21. The lowest BCUT2D eigenvalue weighted by Gasteiger charge is -2.70. The highest BCUT2D eigenvalue weighted by Crippen LogP contribution is 2.82. The first-order valence-electron chi connectivity index (χ1n) is 25.8. The first-order valence-corrected chi connectivity index (χ1v) is 25.8. The Morgan fingerprint density at radius 3 is 1.07 bits per heavy atom. The van der Waals surface area contributed by atoms with E-state index in [0.29, 0.717) is 52.2 Å². The van der Waals surface area contributed by atoms with Gasteiger partial charge in [-0.05, 0) is 37.8 Å². The number of piperidine rings is 2. The summed E-state index contributed by atoms with van der Waals surface area (Å²) in [6, 6.07) is -0.480. The van der Waals surface area contributed by atoms with Crippen molar-refractivity contribution in [2.24, 2.45) is 69.0 Å². The van der Waals surface area contributed by atoms with Gasteiger partial charge in [0.15, 0.2) is 0 Å². The monoisotopic (exact) mass is 1210 g/mol. The number of ether oxygens (including phenoxy) is 8. The molecule has 12 aliphatic rings. The summed E-state index contributed by atoms with van der Waals surface area (Å²) in [7, 11) is 12.6. The van der Waals surface area contributed by atoms with E-state index < -0.39 is 153 Å². The quantitative estimate of drug-likeness (QED) is 0.0876. The van der Waals surface area contributed by atoms with Gasteiger partial charge < -0.3 is 105 Å². The summed E-state index contributed by atoms with van der Waals surface area (Å²) in [4.78, 5) is 4.58. The Balaban J connectivity index is 0.000000229. The fourth-order valence-corrected chi connectivity index (χ4v) is 22.0. The lowest BCUT2D eigenvalue weighted by Crippen LogP contribution is -2.81. The minimum Gasteiger partial charge on any atom is -0.412 e. The number of rotatable bonds is 12.